The van der Waals surface area contributed by atoms with E-state index in [4.69, 9.17) is 4.74 Å². The minimum absolute atomic E-state index is 0.0179. The van der Waals surface area contributed by atoms with Crippen LogP contribution in [-0.2, 0) is 25.7 Å². The molecular weight excluding hydrogens is 546 g/mol. The predicted octanol–water partition coefficient (Wildman–Crippen LogP) is 8.22. The average Bonchev–Trinajstić information content (AvgIpc) is 3.27. The van der Waals surface area contributed by atoms with E-state index >= 15 is 0 Å². The van der Waals surface area contributed by atoms with Crippen LogP contribution < -0.4 is 5.32 Å². The highest BCUT2D eigenvalue weighted by molar-refractivity contribution is 6.06. The predicted molar refractivity (Wildman–Crippen MR) is 173 cm³/mol. The summed E-state index contributed by atoms with van der Waals surface area (Å²) in [6.07, 6.45) is 8.49. The third-order valence-electron chi connectivity index (χ3n) is 14.4. The standard InChI is InChI=1S/C39H55NO4/c1-24(2)32-28(42)22-39(34(43)40-23-26-12-10-9-11-13-26)21-20-37(7)27(33(32)39)14-15-30-36(6)18-17-31(44-25(3)41)35(4,5)29(36)16-19-38(30,37)8/h9-13,24,27,29-31H,14-23H2,1-8H3,(H,40,43)/t27-,29+,30-,31+,36+,37-,38-,39-/m1/s1. The van der Waals surface area contributed by atoms with Crippen molar-refractivity contribution in [2.45, 2.75) is 126 Å². The fourth-order valence-corrected chi connectivity index (χ4v) is 12.2. The molecule has 1 aromatic rings. The molecule has 0 aromatic heterocycles. The number of amides is 1. The number of hydrogen-bond donors (Lipinski definition) is 1. The summed E-state index contributed by atoms with van der Waals surface area (Å²) in [5.41, 5.74) is 2.77. The fourth-order valence-electron chi connectivity index (χ4n) is 12.2. The van der Waals surface area contributed by atoms with Gasteiger partial charge in [0.2, 0.25) is 5.91 Å². The Hall–Kier alpha value is -2.43. The Morgan fingerprint density at radius 2 is 1.59 bits per heavy atom. The molecule has 8 atom stereocenters. The van der Waals surface area contributed by atoms with Gasteiger partial charge in [-0.3, -0.25) is 14.4 Å². The molecule has 4 fully saturated rings. The van der Waals surface area contributed by atoms with Crippen molar-refractivity contribution in [3.05, 3.63) is 47.0 Å². The molecule has 1 aromatic carbocycles. The summed E-state index contributed by atoms with van der Waals surface area (Å²) in [6, 6.07) is 10.1. The molecular formula is C39H55NO4. The maximum absolute atomic E-state index is 14.3. The Bertz CT molecular complexity index is 1380. The van der Waals surface area contributed by atoms with Gasteiger partial charge in [-0.1, -0.05) is 78.8 Å². The molecule has 5 nitrogen and oxygen atoms in total. The van der Waals surface area contributed by atoms with Crippen molar-refractivity contribution < 1.29 is 19.1 Å². The Kier molecular flexibility index (Phi) is 7.57. The number of nitrogens with one attached hydrogen (secondary N) is 1. The van der Waals surface area contributed by atoms with Crippen LogP contribution in [0.5, 0.6) is 0 Å². The first kappa shape index (κ1) is 31.5. The molecule has 44 heavy (non-hydrogen) atoms. The number of esters is 1. The molecule has 0 saturated heterocycles. The average molecular weight is 602 g/mol. The Labute approximate surface area is 265 Å². The van der Waals surface area contributed by atoms with Gasteiger partial charge < -0.3 is 10.1 Å². The van der Waals surface area contributed by atoms with E-state index in [0.29, 0.717) is 24.8 Å². The van der Waals surface area contributed by atoms with Crippen LogP contribution in [0.15, 0.2) is 41.5 Å². The van der Waals surface area contributed by atoms with Crippen LogP contribution in [0.25, 0.3) is 0 Å². The Morgan fingerprint density at radius 1 is 0.886 bits per heavy atom. The third-order valence-corrected chi connectivity index (χ3v) is 14.4. The lowest BCUT2D eigenvalue weighted by atomic mass is 9.33. The van der Waals surface area contributed by atoms with Gasteiger partial charge in [-0.25, -0.2) is 0 Å². The summed E-state index contributed by atoms with van der Waals surface area (Å²) >= 11 is 0. The van der Waals surface area contributed by atoms with Crippen molar-refractivity contribution in [3.63, 3.8) is 0 Å². The molecule has 1 N–H and O–H groups in total. The molecule has 0 unspecified atom stereocenters. The largest absolute Gasteiger partial charge is 0.462 e. The molecule has 1 amide bonds. The number of carbonyl (C=O) groups is 3. The zero-order valence-corrected chi connectivity index (χ0v) is 28.5. The second kappa shape index (κ2) is 10.6. The smallest absolute Gasteiger partial charge is 0.302 e. The number of rotatable bonds is 5. The van der Waals surface area contributed by atoms with Crippen molar-refractivity contribution >= 4 is 17.7 Å². The van der Waals surface area contributed by atoms with E-state index in [1.54, 1.807) is 6.92 Å². The summed E-state index contributed by atoms with van der Waals surface area (Å²) in [6.45, 7) is 18.7. The van der Waals surface area contributed by atoms with E-state index in [1.807, 2.05) is 30.3 Å². The second-order valence-electron chi connectivity index (χ2n) is 16.9. The molecule has 5 aliphatic carbocycles. The monoisotopic (exact) mass is 601 g/mol. The highest BCUT2D eigenvalue weighted by atomic mass is 16.5. The van der Waals surface area contributed by atoms with Gasteiger partial charge in [0.15, 0.2) is 5.78 Å². The van der Waals surface area contributed by atoms with Crippen LogP contribution >= 0.6 is 0 Å². The molecule has 0 aliphatic heterocycles. The highest BCUT2D eigenvalue weighted by Crippen LogP contribution is 2.76. The Balaban J connectivity index is 1.36. The van der Waals surface area contributed by atoms with Crippen LogP contribution in [-0.4, -0.2) is 23.8 Å². The van der Waals surface area contributed by atoms with Crippen molar-refractivity contribution in [2.75, 3.05) is 0 Å². The topological polar surface area (TPSA) is 72.5 Å². The summed E-state index contributed by atoms with van der Waals surface area (Å²) in [7, 11) is 0. The lowest BCUT2D eigenvalue weighted by Crippen LogP contribution is -2.66. The van der Waals surface area contributed by atoms with Gasteiger partial charge >= 0.3 is 5.97 Å². The van der Waals surface area contributed by atoms with Crippen molar-refractivity contribution in [3.8, 4) is 0 Å². The lowest BCUT2D eigenvalue weighted by molar-refractivity contribution is -0.232. The van der Waals surface area contributed by atoms with Crippen molar-refractivity contribution in [1.82, 2.24) is 5.32 Å². The van der Waals surface area contributed by atoms with E-state index in [2.05, 4.69) is 53.8 Å². The van der Waals surface area contributed by atoms with Crippen LogP contribution in [0.1, 0.15) is 119 Å². The summed E-state index contributed by atoms with van der Waals surface area (Å²) in [5.74, 6) is 1.50. The molecule has 4 saturated carbocycles. The first-order valence-electron chi connectivity index (χ1n) is 17.4. The van der Waals surface area contributed by atoms with Gasteiger partial charge in [-0.05, 0) is 108 Å². The normalized spacial score (nSPS) is 40.9. The van der Waals surface area contributed by atoms with E-state index in [0.717, 1.165) is 62.5 Å². The van der Waals surface area contributed by atoms with E-state index in [9.17, 15) is 14.4 Å². The fraction of sp³-hybridized carbons (Fsp3) is 0.718. The molecule has 5 aliphatic rings. The van der Waals surface area contributed by atoms with Gasteiger partial charge in [0.05, 0.1) is 5.41 Å². The zero-order valence-electron chi connectivity index (χ0n) is 28.5. The number of benzene rings is 1. The van der Waals surface area contributed by atoms with Crippen molar-refractivity contribution in [1.29, 1.82) is 0 Å². The van der Waals surface area contributed by atoms with Crippen LogP contribution in [0.3, 0.4) is 0 Å². The number of hydrogen-bond acceptors (Lipinski definition) is 4. The second-order valence-corrected chi connectivity index (χ2v) is 16.9. The number of ketones is 1. The number of carbonyl (C=O) groups excluding carboxylic acids is 3. The molecule has 0 heterocycles. The van der Waals surface area contributed by atoms with Crippen molar-refractivity contribution in [2.24, 2.45) is 50.7 Å². The number of allylic oxidation sites excluding steroid dienone is 1. The van der Waals surface area contributed by atoms with Gasteiger partial charge in [0, 0.05) is 25.3 Å². The molecule has 5 heteroatoms. The van der Waals surface area contributed by atoms with Gasteiger partial charge in [0.1, 0.15) is 6.10 Å². The quantitative estimate of drug-likeness (QED) is 0.345. The number of ether oxygens (including phenoxy) is 1. The minimum atomic E-state index is -0.718. The summed E-state index contributed by atoms with van der Waals surface area (Å²) in [5, 5.41) is 3.29. The number of Topliss-reactive ketones (excluding diaryl/α,β-unsaturated/α-hetero) is 1. The lowest BCUT2D eigenvalue weighted by Gasteiger charge is -2.72. The van der Waals surface area contributed by atoms with Crippen LogP contribution in [0, 0.1) is 50.7 Å². The van der Waals surface area contributed by atoms with Gasteiger partial charge in [0.25, 0.3) is 0 Å². The first-order valence-corrected chi connectivity index (χ1v) is 17.4. The maximum atomic E-state index is 14.3. The molecule has 6 rings (SSSR count). The zero-order chi connectivity index (χ0) is 31.9. The van der Waals surface area contributed by atoms with E-state index < -0.39 is 5.41 Å². The SMILES string of the molecule is CC(=O)O[C@H]1CC[C@]2(C)[C@H]3CC[C@@H]4C5=C(C(C)C)C(=O)C[C@]5(C(=O)NCc5ccccc5)CC[C@@]4(C)[C@]3(C)CC[C@H]2C1(C)C. The Morgan fingerprint density at radius 3 is 2.25 bits per heavy atom. The first-order chi connectivity index (χ1) is 20.6. The highest BCUT2D eigenvalue weighted by Gasteiger charge is 2.71. The molecule has 240 valence electrons. The minimum Gasteiger partial charge on any atom is -0.462 e. The number of fused-ring (bicyclic) bond motifs is 7. The molecule has 0 spiro atoms. The summed E-state index contributed by atoms with van der Waals surface area (Å²) < 4.78 is 5.93. The third kappa shape index (κ3) is 4.33. The van der Waals surface area contributed by atoms with E-state index in [1.165, 1.54) is 5.57 Å². The van der Waals surface area contributed by atoms with Crippen LogP contribution in [0.4, 0.5) is 0 Å². The van der Waals surface area contributed by atoms with Gasteiger partial charge in [-0.15, -0.1) is 0 Å². The maximum Gasteiger partial charge on any atom is 0.302 e. The van der Waals surface area contributed by atoms with Crippen LogP contribution in [0.2, 0.25) is 0 Å². The van der Waals surface area contributed by atoms with Gasteiger partial charge in [-0.2, -0.15) is 0 Å². The summed E-state index contributed by atoms with van der Waals surface area (Å²) in [4.78, 5) is 40.2. The van der Waals surface area contributed by atoms with E-state index in [-0.39, 0.29) is 57.3 Å². The molecule has 0 radical (unpaired) electrons. The molecule has 0 bridgehead atoms.